The SMILES string of the molecule is CCC=CCC=CCC=CCC=CCC=CCC=CCCC(=O)NCCCCC(NC(=O)CN(C)C(=N)N)C(=O)O. The summed E-state index contributed by atoms with van der Waals surface area (Å²) >= 11 is 0. The second-order valence-electron chi connectivity index (χ2n) is 9.50. The molecule has 0 aromatic rings. The van der Waals surface area contributed by atoms with Crippen molar-refractivity contribution in [2.75, 3.05) is 20.1 Å². The monoisotopic (exact) mass is 569 g/mol. The highest BCUT2D eigenvalue weighted by Crippen LogP contribution is 2.02. The highest BCUT2D eigenvalue weighted by molar-refractivity contribution is 5.87. The normalized spacial score (nSPS) is 12.8. The fourth-order valence-electron chi connectivity index (χ4n) is 3.44. The van der Waals surface area contributed by atoms with Crippen molar-refractivity contribution in [2.45, 2.75) is 83.6 Å². The first-order valence-electron chi connectivity index (χ1n) is 14.5. The largest absolute Gasteiger partial charge is 0.480 e. The number of rotatable bonds is 23. The molecule has 0 bridgehead atoms. The van der Waals surface area contributed by atoms with Gasteiger partial charge in [-0.15, -0.1) is 0 Å². The van der Waals surface area contributed by atoms with Gasteiger partial charge in [0.05, 0.1) is 6.54 Å². The number of likely N-dealkylation sites (N-methyl/N-ethyl adjacent to an activating group) is 1. The van der Waals surface area contributed by atoms with E-state index in [9.17, 15) is 19.5 Å². The topological polar surface area (TPSA) is 149 Å². The van der Waals surface area contributed by atoms with Crippen molar-refractivity contribution >= 4 is 23.7 Å². The quantitative estimate of drug-likeness (QED) is 0.0498. The first kappa shape index (κ1) is 37.1. The fraction of sp³-hybridized carbons (Fsp3) is 0.500. The Balaban J connectivity index is 3.84. The second-order valence-corrected chi connectivity index (χ2v) is 9.50. The van der Waals surface area contributed by atoms with Crippen LogP contribution in [0.4, 0.5) is 0 Å². The van der Waals surface area contributed by atoms with Gasteiger partial charge in [-0.25, -0.2) is 4.79 Å². The fourth-order valence-corrected chi connectivity index (χ4v) is 3.44. The van der Waals surface area contributed by atoms with Crippen LogP contribution < -0.4 is 16.4 Å². The summed E-state index contributed by atoms with van der Waals surface area (Å²) < 4.78 is 0. The molecule has 0 heterocycles. The minimum Gasteiger partial charge on any atom is -0.480 e. The van der Waals surface area contributed by atoms with Crippen LogP contribution in [0.1, 0.15) is 77.6 Å². The molecule has 0 aromatic carbocycles. The van der Waals surface area contributed by atoms with Crippen molar-refractivity contribution in [3.63, 3.8) is 0 Å². The Morgan fingerprint density at radius 3 is 1.76 bits per heavy atom. The van der Waals surface area contributed by atoms with Gasteiger partial charge in [-0.05, 0) is 64.2 Å². The van der Waals surface area contributed by atoms with Crippen LogP contribution in [0.5, 0.6) is 0 Å². The molecule has 41 heavy (non-hydrogen) atoms. The molecule has 0 aliphatic carbocycles. The summed E-state index contributed by atoms with van der Waals surface area (Å²) in [5, 5.41) is 21.8. The summed E-state index contributed by atoms with van der Waals surface area (Å²) in [5.74, 6) is -1.95. The van der Waals surface area contributed by atoms with E-state index in [1.807, 2.05) is 6.08 Å². The highest BCUT2D eigenvalue weighted by atomic mass is 16.4. The predicted octanol–water partition coefficient (Wildman–Crippen LogP) is 5.15. The third-order valence-corrected chi connectivity index (χ3v) is 5.80. The van der Waals surface area contributed by atoms with Crippen molar-refractivity contribution in [1.29, 1.82) is 5.41 Å². The zero-order chi connectivity index (χ0) is 30.6. The van der Waals surface area contributed by atoms with Gasteiger partial charge in [0.25, 0.3) is 0 Å². The van der Waals surface area contributed by atoms with Gasteiger partial charge in [-0.2, -0.15) is 0 Å². The van der Waals surface area contributed by atoms with E-state index in [0.717, 1.165) is 38.5 Å². The number of allylic oxidation sites excluding steroid dienone is 12. The molecular formula is C32H51N5O4. The number of aliphatic carboxylic acids is 1. The molecule has 0 rings (SSSR count). The Labute approximate surface area is 246 Å². The van der Waals surface area contributed by atoms with Crippen LogP contribution in [0.25, 0.3) is 0 Å². The molecule has 0 aromatic heterocycles. The molecule has 0 fully saturated rings. The number of nitrogens with zero attached hydrogens (tertiary/aromatic N) is 1. The van der Waals surface area contributed by atoms with E-state index in [0.29, 0.717) is 32.2 Å². The van der Waals surface area contributed by atoms with Crippen molar-refractivity contribution < 1.29 is 19.5 Å². The molecule has 0 aliphatic rings. The lowest BCUT2D eigenvalue weighted by atomic mass is 10.1. The van der Waals surface area contributed by atoms with Crippen molar-refractivity contribution in [3.8, 4) is 0 Å². The minimum absolute atomic E-state index is 0.0418. The van der Waals surface area contributed by atoms with E-state index in [-0.39, 0.29) is 24.8 Å². The van der Waals surface area contributed by atoms with Crippen LogP contribution in [0.3, 0.4) is 0 Å². The molecule has 6 N–H and O–H groups in total. The number of carboxylic acid groups (broad SMARTS) is 1. The number of nitrogens with two attached hydrogens (primary N) is 1. The van der Waals surface area contributed by atoms with Gasteiger partial charge in [-0.1, -0.05) is 79.8 Å². The lowest BCUT2D eigenvalue weighted by Gasteiger charge is -2.19. The first-order chi connectivity index (χ1) is 19.8. The van der Waals surface area contributed by atoms with Gasteiger partial charge in [0, 0.05) is 20.0 Å². The number of amides is 2. The number of carboxylic acids is 1. The molecule has 0 radical (unpaired) electrons. The summed E-state index contributed by atoms with van der Waals surface area (Å²) in [6.45, 7) is 2.41. The average Bonchev–Trinajstić information content (AvgIpc) is 2.93. The smallest absolute Gasteiger partial charge is 0.326 e. The molecular weight excluding hydrogens is 518 g/mol. The van der Waals surface area contributed by atoms with Gasteiger partial charge < -0.3 is 26.4 Å². The molecule has 1 unspecified atom stereocenters. The van der Waals surface area contributed by atoms with Crippen LogP contribution in [-0.4, -0.2) is 59.9 Å². The maximum Gasteiger partial charge on any atom is 0.326 e. The zero-order valence-corrected chi connectivity index (χ0v) is 24.9. The summed E-state index contributed by atoms with van der Waals surface area (Å²) in [5.41, 5.74) is 5.28. The number of hydrogen-bond acceptors (Lipinski definition) is 4. The van der Waals surface area contributed by atoms with E-state index in [1.165, 1.54) is 11.9 Å². The molecule has 2 amide bonds. The van der Waals surface area contributed by atoms with Crippen LogP contribution in [0, 0.1) is 5.41 Å². The molecule has 0 saturated heterocycles. The number of guanidine groups is 1. The van der Waals surface area contributed by atoms with Crippen molar-refractivity contribution in [3.05, 3.63) is 72.9 Å². The Bertz CT molecular complexity index is 934. The van der Waals surface area contributed by atoms with Gasteiger partial charge >= 0.3 is 5.97 Å². The van der Waals surface area contributed by atoms with Crippen molar-refractivity contribution in [1.82, 2.24) is 15.5 Å². The van der Waals surface area contributed by atoms with Crippen LogP contribution in [0.15, 0.2) is 72.9 Å². The third kappa shape index (κ3) is 24.9. The summed E-state index contributed by atoms with van der Waals surface area (Å²) in [6.07, 6.45) is 34.0. The lowest BCUT2D eigenvalue weighted by Crippen LogP contribution is -2.47. The highest BCUT2D eigenvalue weighted by Gasteiger charge is 2.20. The van der Waals surface area contributed by atoms with Gasteiger partial charge in [0.15, 0.2) is 5.96 Å². The van der Waals surface area contributed by atoms with Crippen LogP contribution in [0.2, 0.25) is 0 Å². The number of nitrogens with one attached hydrogen (secondary N) is 3. The number of carbonyl (C=O) groups is 3. The summed E-state index contributed by atoms with van der Waals surface area (Å²) in [4.78, 5) is 36.5. The van der Waals surface area contributed by atoms with Crippen LogP contribution >= 0.6 is 0 Å². The number of unbranched alkanes of at least 4 members (excludes halogenated alkanes) is 1. The Kier molecular flexibility index (Phi) is 23.9. The van der Waals surface area contributed by atoms with E-state index < -0.39 is 17.9 Å². The molecule has 9 nitrogen and oxygen atoms in total. The maximum atomic E-state index is 12.0. The Morgan fingerprint density at radius 1 is 0.805 bits per heavy atom. The van der Waals surface area contributed by atoms with Gasteiger partial charge in [0.2, 0.25) is 11.8 Å². The molecule has 0 saturated carbocycles. The van der Waals surface area contributed by atoms with Gasteiger partial charge in [0.1, 0.15) is 6.04 Å². The molecule has 1 atom stereocenters. The third-order valence-electron chi connectivity index (χ3n) is 5.80. The Hall–Kier alpha value is -3.88. The molecule has 0 spiro atoms. The first-order valence-corrected chi connectivity index (χ1v) is 14.5. The van der Waals surface area contributed by atoms with E-state index >= 15 is 0 Å². The Morgan fingerprint density at radius 2 is 1.29 bits per heavy atom. The average molecular weight is 570 g/mol. The molecule has 228 valence electrons. The van der Waals surface area contributed by atoms with E-state index in [1.54, 1.807) is 0 Å². The standard InChI is InChI=1S/C32H51N5O4/c1-3-4-5-6-7-8-9-10-11-12-13-14-15-16-17-18-19-20-21-25-29(38)35-26-23-22-24-28(31(40)41)36-30(39)27-37(2)32(33)34/h4-5,7-8,10-11,13-14,16-17,19-20,28H,3,6,9,12,15,18,21-27H2,1-2H3,(H3,33,34)(H,35,38)(H,36,39)(H,40,41). The summed E-state index contributed by atoms with van der Waals surface area (Å²) in [6, 6.07) is -1.02. The zero-order valence-electron chi connectivity index (χ0n) is 24.9. The van der Waals surface area contributed by atoms with E-state index in [4.69, 9.17) is 11.1 Å². The maximum absolute atomic E-state index is 12.0. The number of hydrogen-bond donors (Lipinski definition) is 5. The predicted molar refractivity (Wildman–Crippen MR) is 168 cm³/mol. The van der Waals surface area contributed by atoms with E-state index in [2.05, 4.69) is 84.4 Å². The summed E-state index contributed by atoms with van der Waals surface area (Å²) in [7, 11) is 1.47. The second kappa shape index (κ2) is 26.3. The van der Waals surface area contributed by atoms with Crippen LogP contribution in [-0.2, 0) is 14.4 Å². The molecule has 0 aliphatic heterocycles. The molecule has 9 heteroatoms. The number of carbonyl (C=O) groups excluding carboxylic acids is 2. The van der Waals surface area contributed by atoms with Gasteiger partial charge in [-0.3, -0.25) is 15.0 Å². The van der Waals surface area contributed by atoms with Crippen molar-refractivity contribution in [2.24, 2.45) is 5.73 Å². The lowest BCUT2D eigenvalue weighted by molar-refractivity contribution is -0.142. The minimum atomic E-state index is -1.12.